The minimum atomic E-state index is 0.189. The molecule has 0 spiro atoms. The Morgan fingerprint density at radius 2 is 1.90 bits per heavy atom. The third-order valence-electron chi connectivity index (χ3n) is 3.12. The van der Waals surface area contributed by atoms with Gasteiger partial charge in [0.05, 0.1) is 11.8 Å². The van der Waals surface area contributed by atoms with Crippen molar-refractivity contribution in [1.82, 2.24) is 9.97 Å². The van der Waals surface area contributed by atoms with Crippen LogP contribution in [-0.4, -0.2) is 22.1 Å². The van der Waals surface area contributed by atoms with Crippen molar-refractivity contribution in [2.24, 2.45) is 0 Å². The van der Waals surface area contributed by atoms with Gasteiger partial charge in [-0.2, -0.15) is 0 Å². The second-order valence-corrected chi connectivity index (χ2v) is 5.40. The number of hydrogen-bond donors (Lipinski definition) is 1. The van der Waals surface area contributed by atoms with Crippen LogP contribution in [0, 0.1) is 0 Å². The van der Waals surface area contributed by atoms with Crippen LogP contribution in [0.25, 0.3) is 11.3 Å². The Labute approximate surface area is 119 Å². The van der Waals surface area contributed by atoms with Crippen molar-refractivity contribution >= 4 is 5.82 Å². The lowest BCUT2D eigenvalue weighted by Crippen LogP contribution is -2.05. The highest BCUT2D eigenvalue weighted by Crippen LogP contribution is 2.26. The number of benzene rings is 1. The second kappa shape index (κ2) is 5.49. The maximum absolute atomic E-state index is 5.64. The molecule has 1 aliphatic carbocycles. The van der Waals surface area contributed by atoms with E-state index in [4.69, 9.17) is 4.74 Å². The van der Waals surface area contributed by atoms with Gasteiger partial charge in [0.2, 0.25) is 0 Å². The molecular formula is C16H19N3O. The second-order valence-electron chi connectivity index (χ2n) is 5.40. The van der Waals surface area contributed by atoms with E-state index in [1.54, 1.807) is 6.33 Å². The average molecular weight is 269 g/mol. The van der Waals surface area contributed by atoms with Gasteiger partial charge in [-0.1, -0.05) is 0 Å². The minimum Gasteiger partial charge on any atom is -0.491 e. The number of rotatable bonds is 5. The fourth-order valence-corrected chi connectivity index (χ4v) is 2.01. The first-order valence-corrected chi connectivity index (χ1v) is 7.06. The van der Waals surface area contributed by atoms with Crippen LogP contribution < -0.4 is 10.1 Å². The largest absolute Gasteiger partial charge is 0.491 e. The Bertz CT molecular complexity index is 577. The lowest BCUT2D eigenvalue weighted by Gasteiger charge is -2.10. The molecule has 1 aromatic heterocycles. The SMILES string of the molecule is CC(C)Oc1ccc(-c2cc(NC3CC3)ncn2)cc1. The maximum atomic E-state index is 5.64. The van der Waals surface area contributed by atoms with E-state index >= 15 is 0 Å². The normalized spacial score (nSPS) is 14.3. The highest BCUT2D eigenvalue weighted by atomic mass is 16.5. The van der Waals surface area contributed by atoms with E-state index in [1.165, 1.54) is 12.8 Å². The van der Waals surface area contributed by atoms with Crippen LogP contribution in [0.4, 0.5) is 5.82 Å². The summed E-state index contributed by atoms with van der Waals surface area (Å²) in [6.07, 6.45) is 4.27. The first-order valence-electron chi connectivity index (χ1n) is 7.06. The lowest BCUT2D eigenvalue weighted by molar-refractivity contribution is 0.242. The smallest absolute Gasteiger partial charge is 0.130 e. The van der Waals surface area contributed by atoms with Gasteiger partial charge >= 0.3 is 0 Å². The summed E-state index contributed by atoms with van der Waals surface area (Å²) in [4.78, 5) is 8.59. The van der Waals surface area contributed by atoms with Crippen molar-refractivity contribution in [2.45, 2.75) is 38.8 Å². The minimum absolute atomic E-state index is 0.189. The van der Waals surface area contributed by atoms with Crippen molar-refractivity contribution in [1.29, 1.82) is 0 Å². The molecule has 0 radical (unpaired) electrons. The molecule has 3 rings (SSSR count). The zero-order valence-corrected chi connectivity index (χ0v) is 11.8. The molecule has 1 N–H and O–H groups in total. The van der Waals surface area contributed by atoms with Gasteiger partial charge in [-0.3, -0.25) is 0 Å². The third kappa shape index (κ3) is 3.26. The van der Waals surface area contributed by atoms with E-state index in [1.807, 2.05) is 44.2 Å². The molecule has 4 heteroatoms. The molecule has 0 amide bonds. The number of hydrogen-bond acceptors (Lipinski definition) is 4. The van der Waals surface area contributed by atoms with Crippen LogP contribution in [0.2, 0.25) is 0 Å². The predicted molar refractivity (Wildman–Crippen MR) is 79.9 cm³/mol. The number of aromatic nitrogens is 2. The van der Waals surface area contributed by atoms with Crippen LogP contribution in [-0.2, 0) is 0 Å². The zero-order chi connectivity index (χ0) is 13.9. The topological polar surface area (TPSA) is 47.0 Å². The molecule has 0 saturated heterocycles. The Kier molecular flexibility index (Phi) is 3.54. The van der Waals surface area contributed by atoms with E-state index in [2.05, 4.69) is 15.3 Å². The fourth-order valence-electron chi connectivity index (χ4n) is 2.01. The molecule has 1 aliphatic rings. The molecule has 0 atom stereocenters. The van der Waals surface area contributed by atoms with Crippen molar-refractivity contribution < 1.29 is 4.74 Å². The quantitative estimate of drug-likeness (QED) is 0.902. The highest BCUT2D eigenvalue weighted by Gasteiger charge is 2.21. The molecule has 0 bridgehead atoms. The Morgan fingerprint density at radius 3 is 2.55 bits per heavy atom. The molecular weight excluding hydrogens is 250 g/mol. The lowest BCUT2D eigenvalue weighted by atomic mass is 10.1. The van der Waals surface area contributed by atoms with Crippen LogP contribution in [0.1, 0.15) is 26.7 Å². The van der Waals surface area contributed by atoms with Gasteiger partial charge in [0.15, 0.2) is 0 Å². The van der Waals surface area contributed by atoms with E-state index in [0.29, 0.717) is 6.04 Å². The predicted octanol–water partition coefficient (Wildman–Crippen LogP) is 3.51. The number of ether oxygens (including phenoxy) is 1. The maximum Gasteiger partial charge on any atom is 0.130 e. The summed E-state index contributed by atoms with van der Waals surface area (Å²) in [6.45, 7) is 4.04. The summed E-state index contributed by atoms with van der Waals surface area (Å²) in [7, 11) is 0. The molecule has 1 heterocycles. The molecule has 1 aromatic carbocycles. The van der Waals surface area contributed by atoms with Crippen molar-refractivity contribution in [3.05, 3.63) is 36.7 Å². The van der Waals surface area contributed by atoms with Crippen molar-refractivity contribution in [3.63, 3.8) is 0 Å². The van der Waals surface area contributed by atoms with Crippen LogP contribution in [0.15, 0.2) is 36.7 Å². The standard InChI is InChI=1S/C16H19N3O/c1-11(2)20-14-7-3-12(4-8-14)15-9-16(18-10-17-15)19-13-5-6-13/h3-4,7-11,13H,5-6H2,1-2H3,(H,17,18,19). The van der Waals surface area contributed by atoms with Gasteiger partial charge in [-0.15, -0.1) is 0 Å². The van der Waals surface area contributed by atoms with E-state index in [0.717, 1.165) is 22.8 Å². The van der Waals surface area contributed by atoms with Crippen LogP contribution >= 0.6 is 0 Å². The van der Waals surface area contributed by atoms with Gasteiger partial charge in [0.25, 0.3) is 0 Å². The molecule has 0 unspecified atom stereocenters. The summed E-state index contributed by atoms with van der Waals surface area (Å²) in [5, 5.41) is 3.39. The Morgan fingerprint density at radius 1 is 1.15 bits per heavy atom. The molecule has 4 nitrogen and oxygen atoms in total. The highest BCUT2D eigenvalue weighted by molar-refractivity contribution is 5.63. The van der Waals surface area contributed by atoms with E-state index < -0.39 is 0 Å². The Balaban J connectivity index is 1.77. The molecule has 20 heavy (non-hydrogen) atoms. The third-order valence-corrected chi connectivity index (χ3v) is 3.12. The molecule has 1 saturated carbocycles. The average Bonchev–Trinajstić information content (AvgIpc) is 3.23. The van der Waals surface area contributed by atoms with E-state index in [9.17, 15) is 0 Å². The first-order chi connectivity index (χ1) is 9.70. The van der Waals surface area contributed by atoms with Gasteiger partial charge in [0.1, 0.15) is 17.9 Å². The molecule has 2 aromatic rings. The number of nitrogens with zero attached hydrogens (tertiary/aromatic N) is 2. The molecule has 0 aliphatic heterocycles. The van der Waals surface area contributed by atoms with Crippen molar-refractivity contribution in [2.75, 3.05) is 5.32 Å². The van der Waals surface area contributed by atoms with Gasteiger partial charge in [-0.05, 0) is 51.0 Å². The summed E-state index contributed by atoms with van der Waals surface area (Å²) < 4.78 is 5.64. The van der Waals surface area contributed by atoms with Crippen LogP contribution in [0.5, 0.6) is 5.75 Å². The van der Waals surface area contributed by atoms with Gasteiger partial charge < -0.3 is 10.1 Å². The summed E-state index contributed by atoms with van der Waals surface area (Å²) in [5.74, 6) is 1.79. The van der Waals surface area contributed by atoms with Crippen molar-refractivity contribution in [3.8, 4) is 17.0 Å². The molecule has 1 fully saturated rings. The Hall–Kier alpha value is -2.10. The fraction of sp³-hybridized carbons (Fsp3) is 0.375. The van der Waals surface area contributed by atoms with Crippen LogP contribution in [0.3, 0.4) is 0 Å². The number of anilines is 1. The van der Waals surface area contributed by atoms with Gasteiger partial charge in [0, 0.05) is 17.7 Å². The summed E-state index contributed by atoms with van der Waals surface area (Å²) >= 11 is 0. The number of nitrogens with one attached hydrogen (secondary N) is 1. The first kappa shape index (κ1) is 12.9. The zero-order valence-electron chi connectivity index (χ0n) is 11.8. The molecule has 104 valence electrons. The van der Waals surface area contributed by atoms with E-state index in [-0.39, 0.29) is 6.10 Å². The summed E-state index contributed by atoms with van der Waals surface area (Å²) in [6, 6.07) is 10.6. The van der Waals surface area contributed by atoms with Gasteiger partial charge in [-0.25, -0.2) is 9.97 Å². The summed E-state index contributed by atoms with van der Waals surface area (Å²) in [5.41, 5.74) is 2.00. The monoisotopic (exact) mass is 269 g/mol.